The van der Waals surface area contributed by atoms with E-state index in [9.17, 15) is 9.18 Å². The van der Waals surface area contributed by atoms with Crippen molar-refractivity contribution in [2.24, 2.45) is 5.92 Å². The largest absolute Gasteiger partial charge is 0.467 e. The van der Waals surface area contributed by atoms with Gasteiger partial charge in [0.15, 0.2) is 0 Å². The fourth-order valence-corrected chi connectivity index (χ4v) is 2.27. The van der Waals surface area contributed by atoms with Crippen LogP contribution < -0.4 is 0 Å². The van der Waals surface area contributed by atoms with Gasteiger partial charge in [-0.3, -0.25) is 4.79 Å². The average Bonchev–Trinajstić information content (AvgIpc) is 3.03. The number of hydrogen-bond acceptors (Lipinski definition) is 3. The Morgan fingerprint density at radius 3 is 2.65 bits per heavy atom. The Kier molecular flexibility index (Phi) is 5.17. The van der Waals surface area contributed by atoms with Crippen LogP contribution in [0.25, 0.3) is 0 Å². The van der Waals surface area contributed by atoms with Crippen molar-refractivity contribution in [1.82, 2.24) is 4.90 Å². The summed E-state index contributed by atoms with van der Waals surface area (Å²) in [6, 6.07) is 9.03. The monoisotopic (exact) mass is 314 g/mol. The highest BCUT2D eigenvalue weighted by Crippen LogP contribution is 2.19. The van der Waals surface area contributed by atoms with Crippen molar-refractivity contribution in [3.63, 3.8) is 0 Å². The molecule has 0 aliphatic carbocycles. The molecule has 1 aromatic carbocycles. The van der Waals surface area contributed by atoms with Crippen LogP contribution >= 0.6 is 0 Å². The second-order valence-electron chi connectivity index (χ2n) is 5.84. The third kappa shape index (κ3) is 3.98. The van der Waals surface area contributed by atoms with E-state index in [1.54, 1.807) is 23.3 Å². The predicted molar refractivity (Wildman–Crippen MR) is 84.0 cm³/mol. The van der Waals surface area contributed by atoms with Gasteiger partial charge in [0.2, 0.25) is 0 Å². The van der Waals surface area contributed by atoms with Crippen LogP contribution in [0.15, 0.2) is 41.0 Å². The zero-order valence-electron chi connectivity index (χ0n) is 13.4. The number of carbonyl (C=O) groups is 1. The van der Waals surface area contributed by atoms with Crippen LogP contribution in [0.5, 0.6) is 0 Å². The first-order valence-electron chi connectivity index (χ1n) is 7.46. The Balaban J connectivity index is 2.36. The van der Waals surface area contributed by atoms with E-state index in [2.05, 4.69) is 0 Å². The third-order valence-electron chi connectivity index (χ3n) is 3.90. The first kappa shape index (κ1) is 16.8. The summed E-state index contributed by atoms with van der Waals surface area (Å²) >= 11 is 0. The minimum atomic E-state index is -0.595. The standard InChI is InChI=1S/C18H19FN2O2/c1-12(2)13(3)21(11-17-5-4-6-23-17)18(22)15-7-14(10-20)8-16(19)9-15/h4-9,12-13H,11H2,1-3H3/t13-/m1/s1. The maximum absolute atomic E-state index is 13.6. The molecule has 0 N–H and O–H groups in total. The van der Waals surface area contributed by atoms with Gasteiger partial charge in [0.25, 0.3) is 5.91 Å². The highest BCUT2D eigenvalue weighted by atomic mass is 19.1. The molecule has 23 heavy (non-hydrogen) atoms. The van der Waals surface area contributed by atoms with E-state index in [4.69, 9.17) is 9.68 Å². The molecule has 0 aliphatic rings. The SMILES string of the molecule is CC(C)[C@@H](C)N(Cc1ccco1)C(=O)c1cc(F)cc(C#N)c1. The number of nitrogens with zero attached hydrogens (tertiary/aromatic N) is 2. The smallest absolute Gasteiger partial charge is 0.254 e. The van der Waals surface area contributed by atoms with Gasteiger partial charge in [-0.05, 0) is 43.2 Å². The van der Waals surface area contributed by atoms with Gasteiger partial charge in [0.05, 0.1) is 24.4 Å². The number of carbonyl (C=O) groups excluding carboxylic acids is 1. The minimum Gasteiger partial charge on any atom is -0.467 e. The van der Waals surface area contributed by atoms with E-state index in [0.29, 0.717) is 12.3 Å². The first-order valence-corrected chi connectivity index (χ1v) is 7.46. The molecule has 0 fully saturated rings. The van der Waals surface area contributed by atoms with Crippen molar-refractivity contribution in [2.75, 3.05) is 0 Å². The van der Waals surface area contributed by atoms with Gasteiger partial charge >= 0.3 is 0 Å². The molecule has 2 aromatic rings. The summed E-state index contributed by atoms with van der Waals surface area (Å²) in [5.41, 5.74) is 0.295. The van der Waals surface area contributed by atoms with Gasteiger partial charge < -0.3 is 9.32 Å². The Hall–Kier alpha value is -2.61. The first-order chi connectivity index (χ1) is 10.9. The van der Waals surface area contributed by atoms with E-state index in [-0.39, 0.29) is 29.0 Å². The molecule has 0 spiro atoms. The second-order valence-corrected chi connectivity index (χ2v) is 5.84. The summed E-state index contributed by atoms with van der Waals surface area (Å²) < 4.78 is 19.0. The molecule has 2 rings (SSSR count). The predicted octanol–water partition coefficient (Wildman–Crippen LogP) is 3.98. The Labute approximate surface area is 135 Å². The number of nitriles is 1. The summed E-state index contributed by atoms with van der Waals surface area (Å²) in [7, 11) is 0. The van der Waals surface area contributed by atoms with Crippen LogP contribution in [0.4, 0.5) is 4.39 Å². The molecule has 1 aromatic heterocycles. The van der Waals surface area contributed by atoms with Crippen molar-refractivity contribution in [3.05, 3.63) is 59.3 Å². The van der Waals surface area contributed by atoms with Gasteiger partial charge in [-0.1, -0.05) is 13.8 Å². The minimum absolute atomic E-state index is 0.0681. The maximum Gasteiger partial charge on any atom is 0.254 e. The molecular weight excluding hydrogens is 295 g/mol. The van der Waals surface area contributed by atoms with E-state index in [0.717, 1.165) is 12.1 Å². The zero-order valence-corrected chi connectivity index (χ0v) is 13.4. The van der Waals surface area contributed by atoms with Gasteiger partial charge in [-0.25, -0.2) is 4.39 Å². The molecule has 1 amide bonds. The molecule has 0 bridgehead atoms. The summed E-state index contributed by atoms with van der Waals surface area (Å²) in [6.45, 7) is 6.26. The van der Waals surface area contributed by atoms with Crippen molar-refractivity contribution in [2.45, 2.75) is 33.4 Å². The lowest BCUT2D eigenvalue weighted by molar-refractivity contribution is 0.0610. The molecule has 120 valence electrons. The number of amides is 1. The van der Waals surface area contributed by atoms with Crippen LogP contribution in [-0.4, -0.2) is 16.8 Å². The van der Waals surface area contributed by atoms with E-state index in [1.165, 1.54) is 6.07 Å². The van der Waals surface area contributed by atoms with Crippen molar-refractivity contribution in [3.8, 4) is 6.07 Å². The molecule has 1 heterocycles. The molecule has 0 radical (unpaired) electrons. The van der Waals surface area contributed by atoms with Crippen molar-refractivity contribution in [1.29, 1.82) is 5.26 Å². The Morgan fingerprint density at radius 2 is 2.09 bits per heavy atom. The van der Waals surface area contributed by atoms with Gasteiger partial charge in [0, 0.05) is 11.6 Å². The molecule has 4 nitrogen and oxygen atoms in total. The highest BCUT2D eigenvalue weighted by Gasteiger charge is 2.25. The molecule has 0 aliphatic heterocycles. The average molecular weight is 314 g/mol. The summed E-state index contributed by atoms with van der Waals surface area (Å²) in [5.74, 6) is -0.0400. The molecule has 0 saturated carbocycles. The fraction of sp³-hybridized carbons (Fsp3) is 0.333. The lowest BCUT2D eigenvalue weighted by Gasteiger charge is -2.31. The highest BCUT2D eigenvalue weighted by molar-refractivity contribution is 5.94. The van der Waals surface area contributed by atoms with Gasteiger partial charge in [-0.2, -0.15) is 5.26 Å². The van der Waals surface area contributed by atoms with Crippen molar-refractivity contribution < 1.29 is 13.6 Å². The van der Waals surface area contributed by atoms with Crippen LogP contribution in [0.2, 0.25) is 0 Å². The molecule has 5 heteroatoms. The lowest BCUT2D eigenvalue weighted by atomic mass is 10.0. The summed E-state index contributed by atoms with van der Waals surface area (Å²) in [5, 5.41) is 8.96. The third-order valence-corrected chi connectivity index (χ3v) is 3.90. The van der Waals surface area contributed by atoms with Crippen LogP contribution in [0.1, 0.15) is 42.5 Å². The van der Waals surface area contributed by atoms with Crippen molar-refractivity contribution >= 4 is 5.91 Å². The Morgan fingerprint density at radius 1 is 1.35 bits per heavy atom. The van der Waals surface area contributed by atoms with Crippen LogP contribution in [0, 0.1) is 23.1 Å². The Bertz CT molecular complexity index is 717. The summed E-state index contributed by atoms with van der Waals surface area (Å²) in [6.07, 6.45) is 1.55. The normalized spacial score (nSPS) is 12.0. The fourth-order valence-electron chi connectivity index (χ4n) is 2.27. The molecule has 1 atom stereocenters. The van der Waals surface area contributed by atoms with Gasteiger partial charge in [0.1, 0.15) is 11.6 Å². The number of halogens is 1. The summed E-state index contributed by atoms with van der Waals surface area (Å²) in [4.78, 5) is 14.5. The van der Waals surface area contributed by atoms with E-state index >= 15 is 0 Å². The number of rotatable bonds is 5. The quantitative estimate of drug-likeness (QED) is 0.839. The molecular formula is C18H19FN2O2. The van der Waals surface area contributed by atoms with Crippen LogP contribution in [-0.2, 0) is 6.54 Å². The zero-order chi connectivity index (χ0) is 17.0. The second kappa shape index (κ2) is 7.10. The van der Waals surface area contributed by atoms with Crippen LogP contribution in [0.3, 0.4) is 0 Å². The topological polar surface area (TPSA) is 57.2 Å². The maximum atomic E-state index is 13.6. The lowest BCUT2D eigenvalue weighted by Crippen LogP contribution is -2.41. The van der Waals surface area contributed by atoms with E-state index in [1.807, 2.05) is 26.8 Å². The molecule has 0 unspecified atom stereocenters. The number of furan rings is 1. The number of hydrogen-bond donors (Lipinski definition) is 0. The van der Waals surface area contributed by atoms with E-state index < -0.39 is 5.82 Å². The van der Waals surface area contributed by atoms with Gasteiger partial charge in [-0.15, -0.1) is 0 Å². The molecule has 0 saturated heterocycles. The number of benzene rings is 1.